The van der Waals surface area contributed by atoms with Crippen LogP contribution in [0, 0.1) is 0 Å². The Balaban J connectivity index is 2.20. The molecule has 1 atom stereocenters. The molecule has 0 bridgehead atoms. The van der Waals surface area contributed by atoms with Gasteiger partial charge >= 0.3 is 0 Å². The molecule has 1 heterocycles. The summed E-state index contributed by atoms with van der Waals surface area (Å²) in [7, 11) is 0. The van der Waals surface area contributed by atoms with Crippen molar-refractivity contribution in [1.82, 2.24) is 0 Å². The molecular weight excluding hydrogens is 253 g/mol. The third kappa shape index (κ3) is 1.44. The van der Waals surface area contributed by atoms with Crippen molar-refractivity contribution in [2.24, 2.45) is 0 Å². The molecule has 2 aromatic carbocycles. The lowest BCUT2D eigenvalue weighted by Crippen LogP contribution is -2.30. The molecule has 0 aromatic heterocycles. The highest BCUT2D eigenvalue weighted by molar-refractivity contribution is 6.30. The van der Waals surface area contributed by atoms with Gasteiger partial charge in [0.05, 0.1) is 0 Å². The molecule has 2 nitrogen and oxygen atoms in total. The molecule has 0 saturated heterocycles. The first-order valence-electron chi connectivity index (χ1n) is 5.48. The van der Waals surface area contributed by atoms with Gasteiger partial charge in [-0.2, -0.15) is 0 Å². The van der Waals surface area contributed by atoms with E-state index in [0.29, 0.717) is 16.3 Å². The van der Waals surface area contributed by atoms with Crippen LogP contribution in [0.15, 0.2) is 48.5 Å². The molecule has 3 rings (SSSR count). The van der Waals surface area contributed by atoms with Crippen LogP contribution < -0.4 is 5.32 Å². The molecule has 0 saturated carbocycles. The normalized spacial score (nSPS) is 21.6. The fraction of sp³-hybridized carbons (Fsp3) is 0.0714. The van der Waals surface area contributed by atoms with Gasteiger partial charge in [0.2, 0.25) is 5.67 Å². The van der Waals surface area contributed by atoms with Crippen LogP contribution in [0.2, 0.25) is 5.02 Å². The summed E-state index contributed by atoms with van der Waals surface area (Å²) in [5, 5.41) is 3.06. The van der Waals surface area contributed by atoms with E-state index in [1.165, 1.54) is 12.1 Å². The highest BCUT2D eigenvalue weighted by atomic mass is 35.5. The van der Waals surface area contributed by atoms with Gasteiger partial charge in [-0.3, -0.25) is 4.79 Å². The molecule has 4 heteroatoms. The van der Waals surface area contributed by atoms with Crippen molar-refractivity contribution < 1.29 is 9.18 Å². The van der Waals surface area contributed by atoms with Gasteiger partial charge in [0.15, 0.2) is 0 Å². The van der Waals surface area contributed by atoms with E-state index in [1.54, 1.807) is 36.4 Å². The lowest BCUT2D eigenvalue weighted by atomic mass is 9.89. The summed E-state index contributed by atoms with van der Waals surface area (Å²) < 4.78 is 15.1. The molecule has 1 unspecified atom stereocenters. The van der Waals surface area contributed by atoms with E-state index >= 15 is 4.39 Å². The second-order valence-electron chi connectivity index (χ2n) is 4.17. The number of alkyl halides is 1. The summed E-state index contributed by atoms with van der Waals surface area (Å²) in [5.74, 6) is -0.661. The van der Waals surface area contributed by atoms with Gasteiger partial charge in [0.1, 0.15) is 0 Å². The van der Waals surface area contributed by atoms with E-state index < -0.39 is 11.6 Å². The summed E-state index contributed by atoms with van der Waals surface area (Å²) in [4.78, 5) is 11.9. The van der Waals surface area contributed by atoms with Crippen LogP contribution in [0.1, 0.15) is 11.1 Å². The van der Waals surface area contributed by atoms with Gasteiger partial charge in [-0.15, -0.1) is 0 Å². The standard InChI is InChI=1S/C14H9ClFNO/c15-10-7-5-9(6-8-10)14(16)11-3-1-2-4-12(11)17-13(14)18/h1-8H,(H,17,18). The maximum atomic E-state index is 15.1. The van der Waals surface area contributed by atoms with E-state index in [2.05, 4.69) is 5.32 Å². The highest BCUT2D eigenvalue weighted by Crippen LogP contribution is 2.43. The lowest BCUT2D eigenvalue weighted by molar-refractivity contribution is -0.124. The Morgan fingerprint density at radius 1 is 1.06 bits per heavy atom. The fourth-order valence-electron chi connectivity index (χ4n) is 2.19. The minimum absolute atomic E-state index is 0.286. The summed E-state index contributed by atoms with van der Waals surface area (Å²) >= 11 is 5.78. The van der Waals surface area contributed by atoms with Crippen LogP contribution >= 0.6 is 11.6 Å². The molecule has 1 amide bonds. The van der Waals surface area contributed by atoms with Crippen molar-refractivity contribution in [2.45, 2.75) is 5.67 Å². The SMILES string of the molecule is O=C1Nc2ccccc2C1(F)c1ccc(Cl)cc1. The number of carbonyl (C=O) groups is 1. The van der Waals surface area contributed by atoms with Gasteiger partial charge in [-0.25, -0.2) is 4.39 Å². The number of hydrogen-bond donors (Lipinski definition) is 1. The summed E-state index contributed by atoms with van der Waals surface area (Å²) in [6, 6.07) is 13.0. The summed E-state index contributed by atoms with van der Waals surface area (Å²) in [6.07, 6.45) is 0. The van der Waals surface area contributed by atoms with Crippen LogP contribution in [0.4, 0.5) is 10.1 Å². The number of amides is 1. The Bertz CT molecular complexity index is 626. The Labute approximate surface area is 108 Å². The second kappa shape index (κ2) is 3.82. The summed E-state index contributed by atoms with van der Waals surface area (Å²) in [5.41, 5.74) is -0.993. The maximum absolute atomic E-state index is 15.1. The van der Waals surface area contributed by atoms with Crippen molar-refractivity contribution in [3.05, 3.63) is 64.7 Å². The predicted molar refractivity (Wildman–Crippen MR) is 68.4 cm³/mol. The van der Waals surface area contributed by atoms with Gasteiger partial charge in [-0.1, -0.05) is 41.9 Å². The zero-order valence-electron chi connectivity index (χ0n) is 9.28. The van der Waals surface area contributed by atoms with E-state index in [-0.39, 0.29) is 5.56 Å². The Morgan fingerprint density at radius 3 is 2.44 bits per heavy atom. The highest BCUT2D eigenvalue weighted by Gasteiger charge is 2.48. The predicted octanol–water partition coefficient (Wildman–Crippen LogP) is 3.51. The third-order valence-corrected chi connectivity index (χ3v) is 3.35. The quantitative estimate of drug-likeness (QED) is 0.836. The van der Waals surface area contributed by atoms with E-state index in [4.69, 9.17) is 11.6 Å². The molecular formula is C14H9ClFNO. The first-order valence-corrected chi connectivity index (χ1v) is 5.86. The van der Waals surface area contributed by atoms with Crippen LogP contribution in [-0.4, -0.2) is 5.91 Å². The van der Waals surface area contributed by atoms with Crippen molar-refractivity contribution in [3.8, 4) is 0 Å². The van der Waals surface area contributed by atoms with Crippen molar-refractivity contribution >= 4 is 23.2 Å². The topological polar surface area (TPSA) is 29.1 Å². The van der Waals surface area contributed by atoms with Crippen molar-refractivity contribution in [1.29, 1.82) is 0 Å². The number of fused-ring (bicyclic) bond motifs is 1. The van der Waals surface area contributed by atoms with E-state index in [1.807, 2.05) is 0 Å². The molecule has 2 aromatic rings. The van der Waals surface area contributed by atoms with Crippen LogP contribution in [0.3, 0.4) is 0 Å². The number of hydrogen-bond acceptors (Lipinski definition) is 1. The smallest absolute Gasteiger partial charge is 0.271 e. The first-order chi connectivity index (χ1) is 8.62. The monoisotopic (exact) mass is 261 g/mol. The van der Waals surface area contributed by atoms with E-state index in [0.717, 1.165) is 0 Å². The first kappa shape index (κ1) is 11.2. The molecule has 0 fully saturated rings. The molecule has 90 valence electrons. The molecule has 1 N–H and O–H groups in total. The minimum atomic E-state index is -2.14. The average Bonchev–Trinajstić information content (AvgIpc) is 2.64. The zero-order valence-corrected chi connectivity index (χ0v) is 10.0. The molecule has 1 aliphatic rings. The third-order valence-electron chi connectivity index (χ3n) is 3.10. The number of para-hydroxylation sites is 1. The molecule has 18 heavy (non-hydrogen) atoms. The number of rotatable bonds is 1. The Kier molecular flexibility index (Phi) is 2.38. The van der Waals surface area contributed by atoms with E-state index in [9.17, 15) is 4.79 Å². The largest absolute Gasteiger partial charge is 0.322 e. The van der Waals surface area contributed by atoms with Gasteiger partial charge in [0, 0.05) is 21.8 Å². The van der Waals surface area contributed by atoms with Crippen LogP contribution in [-0.2, 0) is 10.5 Å². The van der Waals surface area contributed by atoms with Gasteiger partial charge in [-0.05, 0) is 18.2 Å². The van der Waals surface area contributed by atoms with Gasteiger partial charge in [0.25, 0.3) is 5.91 Å². The Morgan fingerprint density at radius 2 is 1.72 bits per heavy atom. The number of benzene rings is 2. The number of carbonyl (C=O) groups excluding carboxylic acids is 1. The average molecular weight is 262 g/mol. The Hall–Kier alpha value is -1.87. The fourth-order valence-corrected chi connectivity index (χ4v) is 2.32. The molecule has 0 radical (unpaired) electrons. The second-order valence-corrected chi connectivity index (χ2v) is 4.60. The minimum Gasteiger partial charge on any atom is -0.322 e. The summed E-state index contributed by atoms with van der Waals surface area (Å²) in [6.45, 7) is 0. The lowest BCUT2D eigenvalue weighted by Gasteiger charge is -2.18. The molecule has 0 spiro atoms. The number of nitrogens with one attached hydrogen (secondary N) is 1. The van der Waals surface area contributed by atoms with Crippen LogP contribution in [0.5, 0.6) is 0 Å². The van der Waals surface area contributed by atoms with Crippen molar-refractivity contribution in [2.75, 3.05) is 5.32 Å². The molecule has 0 aliphatic carbocycles. The molecule has 1 aliphatic heterocycles. The van der Waals surface area contributed by atoms with Crippen LogP contribution in [0.25, 0.3) is 0 Å². The van der Waals surface area contributed by atoms with Crippen molar-refractivity contribution in [3.63, 3.8) is 0 Å². The zero-order chi connectivity index (χ0) is 12.8. The maximum Gasteiger partial charge on any atom is 0.271 e. The number of anilines is 1. The van der Waals surface area contributed by atoms with Gasteiger partial charge < -0.3 is 5.32 Å². The number of halogens is 2.